The molecule has 0 radical (unpaired) electrons. The first-order chi connectivity index (χ1) is 9.72. The van der Waals surface area contributed by atoms with Crippen molar-refractivity contribution in [2.45, 2.75) is 6.42 Å². The molecule has 0 unspecified atom stereocenters. The molecule has 0 heterocycles. The Morgan fingerprint density at radius 2 is 2.15 bits per heavy atom. The van der Waals surface area contributed by atoms with Gasteiger partial charge in [0.25, 0.3) is 5.91 Å². The van der Waals surface area contributed by atoms with Crippen LogP contribution in [0.15, 0.2) is 18.2 Å². The summed E-state index contributed by atoms with van der Waals surface area (Å²) in [6.07, 6.45) is 1.39. The van der Waals surface area contributed by atoms with E-state index in [4.69, 9.17) is 14.2 Å². The highest BCUT2D eigenvalue weighted by Gasteiger charge is 2.11. The van der Waals surface area contributed by atoms with Gasteiger partial charge in [-0.05, 0) is 18.6 Å². The minimum atomic E-state index is -0.260. The van der Waals surface area contributed by atoms with Crippen molar-refractivity contribution in [3.05, 3.63) is 23.8 Å². The van der Waals surface area contributed by atoms with Crippen LogP contribution in [0.3, 0.4) is 0 Å². The van der Waals surface area contributed by atoms with Gasteiger partial charge in [-0.15, -0.1) is 0 Å². The Morgan fingerprint density at radius 1 is 1.35 bits per heavy atom. The molecule has 0 aliphatic carbocycles. The van der Waals surface area contributed by atoms with Crippen molar-refractivity contribution in [3.8, 4) is 11.5 Å². The van der Waals surface area contributed by atoms with Crippen LogP contribution in [0.25, 0.3) is 0 Å². The van der Waals surface area contributed by atoms with Gasteiger partial charge >= 0.3 is 0 Å². The lowest BCUT2D eigenvalue weighted by Crippen LogP contribution is -2.30. The average Bonchev–Trinajstić information content (AvgIpc) is 2.49. The van der Waals surface area contributed by atoms with E-state index in [1.807, 2.05) is 0 Å². The number of para-hydroxylation sites is 1. The molecular formula is C14H19NO5. The van der Waals surface area contributed by atoms with Gasteiger partial charge in [0, 0.05) is 20.3 Å². The minimum Gasteiger partial charge on any atom is -0.493 e. The van der Waals surface area contributed by atoms with Gasteiger partial charge in [0.05, 0.1) is 12.7 Å². The summed E-state index contributed by atoms with van der Waals surface area (Å²) in [5.74, 6) is 0.433. The minimum absolute atomic E-state index is 0.172. The Kier molecular flexibility index (Phi) is 7.13. The van der Waals surface area contributed by atoms with Gasteiger partial charge in [-0.3, -0.25) is 9.59 Å². The molecule has 0 saturated heterocycles. The standard InChI is InChI=1S/C14H19NO5/c1-18-8-4-7-15-13(17)10-20-14-11(9-16)5-3-6-12(14)19-2/h3,5-6,9H,4,7-8,10H2,1-2H3,(H,15,17). The summed E-state index contributed by atoms with van der Waals surface area (Å²) in [4.78, 5) is 22.5. The smallest absolute Gasteiger partial charge is 0.257 e. The zero-order valence-corrected chi connectivity index (χ0v) is 11.7. The molecule has 0 aliphatic heterocycles. The van der Waals surface area contributed by atoms with Crippen LogP contribution >= 0.6 is 0 Å². The predicted octanol–water partition coefficient (Wildman–Crippen LogP) is 1.04. The number of amides is 1. The largest absolute Gasteiger partial charge is 0.493 e. The maximum atomic E-state index is 11.6. The first kappa shape index (κ1) is 16.0. The van der Waals surface area contributed by atoms with Crippen molar-refractivity contribution >= 4 is 12.2 Å². The molecule has 20 heavy (non-hydrogen) atoms. The third-order valence-electron chi connectivity index (χ3n) is 2.55. The van der Waals surface area contributed by atoms with Crippen LogP contribution in [0.4, 0.5) is 0 Å². The molecule has 6 heteroatoms. The van der Waals surface area contributed by atoms with Crippen molar-refractivity contribution in [1.29, 1.82) is 0 Å². The molecule has 1 rings (SSSR count). The number of hydrogen-bond donors (Lipinski definition) is 1. The number of benzene rings is 1. The Balaban J connectivity index is 2.52. The Morgan fingerprint density at radius 3 is 2.80 bits per heavy atom. The van der Waals surface area contributed by atoms with Gasteiger partial charge in [0.2, 0.25) is 0 Å². The fourth-order valence-corrected chi connectivity index (χ4v) is 1.57. The molecule has 0 atom stereocenters. The Hall–Kier alpha value is -2.08. The fourth-order valence-electron chi connectivity index (χ4n) is 1.57. The monoisotopic (exact) mass is 281 g/mol. The molecule has 1 aromatic rings. The third-order valence-corrected chi connectivity index (χ3v) is 2.55. The van der Waals surface area contributed by atoms with Crippen LogP contribution in [-0.4, -0.2) is 46.2 Å². The molecule has 0 spiro atoms. The topological polar surface area (TPSA) is 73.9 Å². The number of hydrogen-bond acceptors (Lipinski definition) is 5. The summed E-state index contributed by atoms with van der Waals surface area (Å²) < 4.78 is 15.3. The quantitative estimate of drug-likeness (QED) is 0.541. The highest BCUT2D eigenvalue weighted by atomic mass is 16.5. The number of methoxy groups -OCH3 is 2. The summed E-state index contributed by atoms with van der Waals surface area (Å²) in [6, 6.07) is 4.94. The van der Waals surface area contributed by atoms with E-state index in [0.29, 0.717) is 30.8 Å². The number of carbonyl (C=O) groups excluding carboxylic acids is 2. The molecule has 1 N–H and O–H groups in total. The molecule has 1 amide bonds. The lowest BCUT2D eigenvalue weighted by molar-refractivity contribution is -0.123. The first-order valence-electron chi connectivity index (χ1n) is 6.23. The second-order valence-electron chi connectivity index (χ2n) is 3.98. The van der Waals surface area contributed by atoms with Crippen molar-refractivity contribution in [2.75, 3.05) is 34.0 Å². The summed E-state index contributed by atoms with van der Waals surface area (Å²) in [5, 5.41) is 2.69. The Labute approximate surface area is 118 Å². The van der Waals surface area contributed by atoms with Crippen LogP contribution in [0, 0.1) is 0 Å². The maximum absolute atomic E-state index is 11.6. The van der Waals surface area contributed by atoms with Crippen LogP contribution in [0.2, 0.25) is 0 Å². The first-order valence-corrected chi connectivity index (χ1v) is 6.23. The van der Waals surface area contributed by atoms with Crippen LogP contribution in [0.5, 0.6) is 11.5 Å². The zero-order valence-electron chi connectivity index (χ0n) is 11.7. The van der Waals surface area contributed by atoms with Gasteiger partial charge < -0.3 is 19.5 Å². The van der Waals surface area contributed by atoms with E-state index in [1.165, 1.54) is 7.11 Å². The second kappa shape index (κ2) is 8.92. The van der Waals surface area contributed by atoms with Crippen LogP contribution in [-0.2, 0) is 9.53 Å². The molecule has 0 aliphatic rings. The van der Waals surface area contributed by atoms with Gasteiger partial charge in [-0.1, -0.05) is 6.07 Å². The highest BCUT2D eigenvalue weighted by molar-refractivity contribution is 5.82. The van der Waals surface area contributed by atoms with Crippen molar-refractivity contribution in [1.82, 2.24) is 5.32 Å². The van der Waals surface area contributed by atoms with E-state index < -0.39 is 0 Å². The SMILES string of the molecule is COCCCNC(=O)COc1c(C=O)cccc1OC. The van der Waals surface area contributed by atoms with E-state index >= 15 is 0 Å². The summed E-state index contributed by atoms with van der Waals surface area (Å²) in [6.45, 7) is 0.930. The third kappa shape index (κ3) is 4.89. The second-order valence-corrected chi connectivity index (χ2v) is 3.98. The highest BCUT2D eigenvalue weighted by Crippen LogP contribution is 2.29. The molecule has 110 valence electrons. The maximum Gasteiger partial charge on any atom is 0.257 e. The van der Waals surface area contributed by atoms with Crippen molar-refractivity contribution in [3.63, 3.8) is 0 Å². The van der Waals surface area contributed by atoms with E-state index in [9.17, 15) is 9.59 Å². The van der Waals surface area contributed by atoms with Gasteiger partial charge in [0.15, 0.2) is 24.4 Å². The zero-order chi connectivity index (χ0) is 14.8. The summed E-state index contributed by atoms with van der Waals surface area (Å²) in [5.41, 5.74) is 0.344. The van der Waals surface area contributed by atoms with Gasteiger partial charge in [-0.25, -0.2) is 0 Å². The van der Waals surface area contributed by atoms with Crippen molar-refractivity contribution < 1.29 is 23.8 Å². The number of rotatable bonds is 9. The van der Waals surface area contributed by atoms with Gasteiger partial charge in [-0.2, -0.15) is 0 Å². The average molecular weight is 281 g/mol. The Bertz CT molecular complexity index is 447. The van der Waals surface area contributed by atoms with E-state index in [-0.39, 0.29) is 18.3 Å². The summed E-state index contributed by atoms with van der Waals surface area (Å²) in [7, 11) is 3.08. The van der Waals surface area contributed by atoms with Crippen molar-refractivity contribution in [2.24, 2.45) is 0 Å². The fraction of sp³-hybridized carbons (Fsp3) is 0.429. The predicted molar refractivity (Wildman–Crippen MR) is 73.4 cm³/mol. The van der Waals surface area contributed by atoms with Crippen LogP contribution in [0.1, 0.15) is 16.8 Å². The summed E-state index contributed by atoms with van der Waals surface area (Å²) >= 11 is 0. The number of nitrogens with one attached hydrogen (secondary N) is 1. The van der Waals surface area contributed by atoms with Crippen LogP contribution < -0.4 is 14.8 Å². The number of aldehydes is 1. The normalized spacial score (nSPS) is 9.90. The molecule has 6 nitrogen and oxygen atoms in total. The lowest BCUT2D eigenvalue weighted by Gasteiger charge is -2.12. The van der Waals surface area contributed by atoms with E-state index in [2.05, 4.69) is 5.32 Å². The molecule has 0 saturated carbocycles. The van der Waals surface area contributed by atoms with E-state index in [0.717, 1.165) is 6.42 Å². The molecule has 0 bridgehead atoms. The molecule has 0 fully saturated rings. The van der Waals surface area contributed by atoms with E-state index in [1.54, 1.807) is 25.3 Å². The van der Waals surface area contributed by atoms with Gasteiger partial charge in [0.1, 0.15) is 0 Å². The molecular weight excluding hydrogens is 262 g/mol. The molecule has 0 aromatic heterocycles. The lowest BCUT2D eigenvalue weighted by atomic mass is 10.2. The number of carbonyl (C=O) groups is 2. The molecule has 1 aromatic carbocycles. The number of ether oxygens (including phenoxy) is 3.